The summed E-state index contributed by atoms with van der Waals surface area (Å²) in [6, 6.07) is -3.84. The van der Waals surface area contributed by atoms with Gasteiger partial charge in [0.2, 0.25) is 0 Å². The zero-order valence-corrected chi connectivity index (χ0v) is 14.4. The van der Waals surface area contributed by atoms with Crippen LogP contribution in [-0.2, 0) is 14.2 Å². The third-order valence-corrected chi connectivity index (χ3v) is 3.05. The first-order chi connectivity index (χ1) is 13.3. The highest BCUT2D eigenvalue weighted by atomic mass is 19.4. The second kappa shape index (κ2) is 9.74. The number of halogens is 14. The average molecular weight is 482 g/mol. The molecule has 0 aromatic rings. The molecule has 0 fully saturated rings. The molecule has 0 bridgehead atoms. The highest BCUT2D eigenvalue weighted by Crippen LogP contribution is 2.54. The van der Waals surface area contributed by atoms with Crippen LogP contribution < -0.4 is 0 Å². The lowest BCUT2D eigenvalue weighted by atomic mass is 10.1. The first kappa shape index (κ1) is 28.5. The van der Waals surface area contributed by atoms with Crippen molar-refractivity contribution < 1.29 is 75.7 Å². The van der Waals surface area contributed by atoms with Gasteiger partial charge in [-0.3, -0.25) is 4.74 Å². The molecule has 0 N–H and O–H groups in total. The van der Waals surface area contributed by atoms with Crippen LogP contribution in [0.15, 0.2) is 12.1 Å². The Morgan fingerprint density at radius 3 is 1.67 bits per heavy atom. The zero-order chi connectivity index (χ0) is 24.2. The van der Waals surface area contributed by atoms with Gasteiger partial charge in [-0.25, -0.2) is 4.39 Å². The standard InChI is InChI=1S/C13H12F14O3/c1-2-3-4-5-28-9(18,19)8(17)30-13(26,27)11(22,23)10(20,21)12(24,25)29-7(16)6(14)15/h8H,2-5H2,1H3. The molecule has 17 heteroatoms. The molecule has 0 aromatic carbocycles. The summed E-state index contributed by atoms with van der Waals surface area (Å²) in [4.78, 5) is 0. The lowest BCUT2D eigenvalue weighted by molar-refractivity contribution is -0.484. The van der Waals surface area contributed by atoms with Gasteiger partial charge in [-0.1, -0.05) is 19.8 Å². The SMILES string of the molecule is CCCCCOC(F)(F)C(F)OC(F)(F)C(F)(F)C(F)(F)C(F)(F)OC(F)=C(F)F. The summed E-state index contributed by atoms with van der Waals surface area (Å²) in [5, 5.41) is 0. The maximum absolute atomic E-state index is 13.3. The summed E-state index contributed by atoms with van der Waals surface area (Å²) in [6.45, 7) is 0.556. The van der Waals surface area contributed by atoms with E-state index >= 15 is 0 Å². The summed E-state index contributed by atoms with van der Waals surface area (Å²) < 4.78 is 188. The summed E-state index contributed by atoms with van der Waals surface area (Å²) in [7, 11) is 0. The Labute approximate surface area is 158 Å². The molecule has 0 spiro atoms. The van der Waals surface area contributed by atoms with E-state index in [1.807, 2.05) is 4.74 Å². The van der Waals surface area contributed by atoms with Crippen molar-refractivity contribution in [2.75, 3.05) is 6.61 Å². The number of ether oxygens (including phenoxy) is 3. The van der Waals surface area contributed by atoms with Gasteiger partial charge in [0.25, 0.3) is 6.36 Å². The van der Waals surface area contributed by atoms with Crippen LogP contribution in [0.1, 0.15) is 26.2 Å². The minimum atomic E-state index is -7.58. The van der Waals surface area contributed by atoms with Crippen molar-refractivity contribution >= 4 is 0 Å². The lowest BCUT2D eigenvalue weighted by Crippen LogP contribution is -2.64. The third-order valence-electron chi connectivity index (χ3n) is 3.05. The van der Waals surface area contributed by atoms with Crippen molar-refractivity contribution in [2.45, 2.75) is 62.7 Å². The van der Waals surface area contributed by atoms with Crippen LogP contribution in [0.2, 0.25) is 0 Å². The van der Waals surface area contributed by atoms with E-state index in [2.05, 4.69) is 9.47 Å². The van der Waals surface area contributed by atoms with Gasteiger partial charge >= 0.3 is 42.3 Å². The van der Waals surface area contributed by atoms with Crippen LogP contribution in [0.4, 0.5) is 61.5 Å². The van der Waals surface area contributed by atoms with E-state index in [9.17, 15) is 61.5 Å². The van der Waals surface area contributed by atoms with Gasteiger partial charge in [0.15, 0.2) is 0 Å². The van der Waals surface area contributed by atoms with Crippen LogP contribution in [0, 0.1) is 0 Å². The quantitative estimate of drug-likeness (QED) is 0.168. The number of hydrogen-bond acceptors (Lipinski definition) is 3. The van der Waals surface area contributed by atoms with Crippen molar-refractivity contribution in [3.8, 4) is 0 Å². The Morgan fingerprint density at radius 2 is 1.23 bits per heavy atom. The van der Waals surface area contributed by atoms with Gasteiger partial charge in [-0.2, -0.15) is 57.1 Å². The van der Waals surface area contributed by atoms with Crippen LogP contribution in [0.5, 0.6) is 0 Å². The Kier molecular flexibility index (Phi) is 9.25. The monoisotopic (exact) mass is 482 g/mol. The minimum absolute atomic E-state index is 0.197. The molecular formula is C13H12F14O3. The summed E-state index contributed by atoms with van der Waals surface area (Å²) in [5.74, 6) is -15.2. The molecule has 0 aliphatic heterocycles. The van der Waals surface area contributed by atoms with E-state index < -0.39 is 55.2 Å². The third kappa shape index (κ3) is 6.24. The Bertz CT molecular complexity index is 588. The van der Waals surface area contributed by atoms with Gasteiger partial charge in [0.1, 0.15) is 0 Å². The fourth-order valence-corrected chi connectivity index (χ4v) is 1.48. The van der Waals surface area contributed by atoms with Gasteiger partial charge < -0.3 is 9.47 Å². The topological polar surface area (TPSA) is 27.7 Å². The van der Waals surface area contributed by atoms with Gasteiger partial charge in [0.05, 0.1) is 6.61 Å². The molecule has 1 atom stereocenters. The summed E-state index contributed by atoms with van der Waals surface area (Å²) in [5.41, 5.74) is 0. The summed E-state index contributed by atoms with van der Waals surface area (Å²) in [6.07, 6.45) is -27.9. The molecular weight excluding hydrogens is 470 g/mol. The predicted molar refractivity (Wildman–Crippen MR) is 67.6 cm³/mol. The van der Waals surface area contributed by atoms with E-state index in [-0.39, 0.29) is 12.8 Å². The van der Waals surface area contributed by atoms with Gasteiger partial charge in [0, 0.05) is 0 Å². The molecule has 0 aliphatic carbocycles. The van der Waals surface area contributed by atoms with Crippen molar-refractivity contribution in [3.05, 3.63) is 12.1 Å². The van der Waals surface area contributed by atoms with Crippen molar-refractivity contribution in [1.29, 1.82) is 0 Å². The Morgan fingerprint density at radius 1 is 0.767 bits per heavy atom. The van der Waals surface area contributed by atoms with E-state index in [0.29, 0.717) is 6.42 Å². The molecule has 30 heavy (non-hydrogen) atoms. The van der Waals surface area contributed by atoms with E-state index in [1.165, 1.54) is 0 Å². The van der Waals surface area contributed by atoms with Crippen molar-refractivity contribution in [1.82, 2.24) is 0 Å². The Balaban J connectivity index is 5.60. The molecule has 0 saturated carbocycles. The minimum Gasteiger partial charge on any atom is -0.397 e. The molecule has 0 radical (unpaired) electrons. The van der Waals surface area contributed by atoms with Crippen LogP contribution in [-0.4, -0.2) is 43.1 Å². The highest BCUT2D eigenvalue weighted by Gasteiger charge is 2.84. The van der Waals surface area contributed by atoms with Crippen molar-refractivity contribution in [3.63, 3.8) is 0 Å². The normalized spacial score (nSPS) is 15.2. The molecule has 1 unspecified atom stereocenters. The largest absolute Gasteiger partial charge is 0.473 e. The maximum atomic E-state index is 13.3. The fraction of sp³-hybridized carbons (Fsp3) is 0.846. The predicted octanol–water partition coefficient (Wildman–Crippen LogP) is 6.61. The lowest BCUT2D eigenvalue weighted by Gasteiger charge is -2.36. The van der Waals surface area contributed by atoms with Gasteiger partial charge in [-0.05, 0) is 6.42 Å². The van der Waals surface area contributed by atoms with E-state index in [4.69, 9.17) is 0 Å². The van der Waals surface area contributed by atoms with Crippen LogP contribution >= 0.6 is 0 Å². The maximum Gasteiger partial charge on any atom is 0.473 e. The molecule has 0 aromatic heterocycles. The number of unbranched alkanes of at least 4 members (excludes halogenated alkanes) is 2. The first-order valence-corrected chi connectivity index (χ1v) is 7.51. The average Bonchev–Trinajstić information content (AvgIpc) is 2.57. The summed E-state index contributed by atoms with van der Waals surface area (Å²) >= 11 is 0. The highest BCUT2D eigenvalue weighted by molar-refractivity contribution is 4.99. The molecule has 0 amide bonds. The molecule has 0 saturated heterocycles. The smallest absolute Gasteiger partial charge is 0.397 e. The van der Waals surface area contributed by atoms with Crippen LogP contribution in [0.25, 0.3) is 0 Å². The molecule has 0 heterocycles. The zero-order valence-electron chi connectivity index (χ0n) is 14.4. The Hall–Kier alpha value is -1.52. The van der Waals surface area contributed by atoms with E-state index in [0.717, 1.165) is 0 Å². The van der Waals surface area contributed by atoms with Gasteiger partial charge in [-0.15, -0.1) is 0 Å². The van der Waals surface area contributed by atoms with E-state index in [1.54, 1.807) is 6.92 Å². The number of hydrogen-bond donors (Lipinski definition) is 0. The second-order valence-corrected chi connectivity index (χ2v) is 5.37. The molecule has 3 nitrogen and oxygen atoms in total. The number of alkyl halides is 11. The molecule has 180 valence electrons. The first-order valence-electron chi connectivity index (χ1n) is 7.51. The fourth-order valence-electron chi connectivity index (χ4n) is 1.48. The van der Waals surface area contributed by atoms with Crippen LogP contribution in [0.3, 0.4) is 0 Å². The molecule has 0 rings (SSSR count). The van der Waals surface area contributed by atoms with Crippen molar-refractivity contribution in [2.24, 2.45) is 0 Å². The number of rotatable bonds is 13. The molecule has 0 aliphatic rings. The second-order valence-electron chi connectivity index (χ2n) is 5.37.